The molecule has 1 aliphatic rings. The predicted octanol–water partition coefficient (Wildman–Crippen LogP) is 0.894. The molecule has 0 aliphatic carbocycles. The Bertz CT molecular complexity index is 486. The lowest BCUT2D eigenvalue weighted by Crippen LogP contribution is -2.27. The smallest absolute Gasteiger partial charge is 0.356 e. The number of carboxylic acid groups (broad SMARTS) is 1. The van der Waals surface area contributed by atoms with Gasteiger partial charge in [-0.15, -0.1) is 0 Å². The Morgan fingerprint density at radius 3 is 2.20 bits per heavy atom. The number of hydrogen-bond acceptors (Lipinski definition) is 7. The molecule has 0 radical (unpaired) electrons. The van der Waals surface area contributed by atoms with Gasteiger partial charge in [0.15, 0.2) is 16.6 Å². The zero-order valence-electron chi connectivity index (χ0n) is 11.5. The zero-order valence-corrected chi connectivity index (χ0v) is 12.3. The number of nitrogens with zero attached hydrogens (tertiary/aromatic N) is 2. The number of ether oxygens (including phenoxy) is 2. The predicted molar refractivity (Wildman–Crippen MR) is 72.9 cm³/mol. The highest BCUT2D eigenvalue weighted by atomic mass is 32.1. The topological polar surface area (TPSA) is 89.0 Å². The molecule has 1 N–H and O–H groups in total. The third-order valence-electron chi connectivity index (χ3n) is 3.23. The highest BCUT2D eigenvalue weighted by molar-refractivity contribution is 7.17. The number of anilines is 1. The van der Waals surface area contributed by atoms with Crippen LogP contribution in [-0.2, 0) is 9.47 Å². The molecule has 2 heterocycles. The summed E-state index contributed by atoms with van der Waals surface area (Å²) in [4.78, 5) is 28.7. The highest BCUT2D eigenvalue weighted by Gasteiger charge is 2.35. The van der Waals surface area contributed by atoms with Crippen molar-refractivity contribution in [2.75, 3.05) is 32.2 Å². The fourth-order valence-corrected chi connectivity index (χ4v) is 3.15. The van der Waals surface area contributed by atoms with Crippen LogP contribution >= 0.6 is 11.3 Å². The van der Waals surface area contributed by atoms with Crippen molar-refractivity contribution in [3.8, 4) is 0 Å². The summed E-state index contributed by atoms with van der Waals surface area (Å²) in [5.74, 6) is -1.49. The first-order valence-corrected chi connectivity index (χ1v) is 6.85. The first kappa shape index (κ1) is 14.9. The van der Waals surface area contributed by atoms with Crippen LogP contribution < -0.4 is 4.90 Å². The molecule has 1 aromatic heterocycles. The third-order valence-corrected chi connectivity index (χ3v) is 4.45. The minimum atomic E-state index is -1.19. The van der Waals surface area contributed by atoms with Gasteiger partial charge in [-0.3, -0.25) is 4.79 Å². The van der Waals surface area contributed by atoms with Crippen molar-refractivity contribution in [3.63, 3.8) is 0 Å². The van der Waals surface area contributed by atoms with Crippen molar-refractivity contribution < 1.29 is 24.2 Å². The van der Waals surface area contributed by atoms with Crippen molar-refractivity contribution in [1.82, 2.24) is 4.98 Å². The van der Waals surface area contributed by atoms with Crippen LogP contribution in [0.3, 0.4) is 0 Å². The van der Waals surface area contributed by atoms with Gasteiger partial charge in [-0.25, -0.2) is 9.78 Å². The number of hydrogen-bond donors (Lipinski definition) is 1. The van der Waals surface area contributed by atoms with Gasteiger partial charge in [-0.2, -0.15) is 0 Å². The van der Waals surface area contributed by atoms with Gasteiger partial charge in [0.05, 0.1) is 0 Å². The molecule has 2 unspecified atom stereocenters. The Labute approximate surface area is 120 Å². The molecule has 20 heavy (non-hydrogen) atoms. The number of ketones is 1. The minimum absolute atomic E-state index is 0.0991. The van der Waals surface area contributed by atoms with Crippen LogP contribution in [0.4, 0.5) is 5.13 Å². The summed E-state index contributed by atoms with van der Waals surface area (Å²) in [5, 5.41) is 9.60. The molecule has 0 bridgehead atoms. The van der Waals surface area contributed by atoms with E-state index >= 15 is 0 Å². The summed E-state index contributed by atoms with van der Waals surface area (Å²) in [6.45, 7) is 2.45. The minimum Gasteiger partial charge on any atom is -0.476 e. The molecule has 0 amide bonds. The molecule has 1 aliphatic heterocycles. The summed E-state index contributed by atoms with van der Waals surface area (Å²) in [7, 11) is 3.21. The molecule has 0 saturated carbocycles. The number of carbonyl (C=O) groups is 2. The van der Waals surface area contributed by atoms with Crippen molar-refractivity contribution in [1.29, 1.82) is 0 Å². The normalized spacial score (nSPS) is 22.2. The molecule has 2 rings (SSSR count). The maximum atomic E-state index is 11.5. The second kappa shape index (κ2) is 5.86. The number of rotatable bonds is 5. The lowest BCUT2D eigenvalue weighted by Gasteiger charge is -2.13. The fourth-order valence-electron chi connectivity index (χ4n) is 2.18. The Morgan fingerprint density at radius 2 is 1.85 bits per heavy atom. The van der Waals surface area contributed by atoms with Gasteiger partial charge in [0.25, 0.3) is 0 Å². The van der Waals surface area contributed by atoms with Crippen LogP contribution in [0.5, 0.6) is 0 Å². The molecule has 0 aromatic carbocycles. The fraction of sp³-hybridized carbons (Fsp3) is 0.583. The number of thiazole rings is 1. The van der Waals surface area contributed by atoms with Crippen molar-refractivity contribution in [2.24, 2.45) is 0 Å². The molecule has 0 spiro atoms. The molecule has 2 atom stereocenters. The molecule has 8 heteroatoms. The van der Waals surface area contributed by atoms with Crippen LogP contribution in [-0.4, -0.2) is 61.4 Å². The van der Waals surface area contributed by atoms with Gasteiger partial charge in [0.1, 0.15) is 17.1 Å². The van der Waals surface area contributed by atoms with Crippen LogP contribution in [0.2, 0.25) is 0 Å². The Morgan fingerprint density at radius 1 is 1.30 bits per heavy atom. The highest BCUT2D eigenvalue weighted by Crippen LogP contribution is 2.30. The maximum Gasteiger partial charge on any atom is 0.356 e. The first-order chi connectivity index (χ1) is 9.47. The summed E-state index contributed by atoms with van der Waals surface area (Å²) >= 11 is 1.09. The van der Waals surface area contributed by atoms with E-state index in [1.165, 1.54) is 6.92 Å². The van der Waals surface area contributed by atoms with E-state index in [2.05, 4.69) is 4.98 Å². The lowest BCUT2D eigenvalue weighted by atomic mass is 10.3. The van der Waals surface area contributed by atoms with Gasteiger partial charge in [0.2, 0.25) is 0 Å². The van der Waals surface area contributed by atoms with E-state index in [4.69, 9.17) is 14.6 Å². The number of Topliss-reactive ketones (excluding diaryl/α,β-unsaturated/α-hetero) is 1. The van der Waals surface area contributed by atoms with Crippen molar-refractivity contribution in [2.45, 2.75) is 19.1 Å². The number of carboxylic acids is 1. The second-order valence-electron chi connectivity index (χ2n) is 4.49. The second-order valence-corrected chi connectivity index (χ2v) is 5.47. The summed E-state index contributed by atoms with van der Waals surface area (Å²) in [6, 6.07) is 0. The number of carbonyl (C=O) groups excluding carboxylic acids is 1. The molecule has 1 saturated heterocycles. The molecule has 7 nitrogen and oxygen atoms in total. The van der Waals surface area contributed by atoms with Crippen LogP contribution in [0, 0.1) is 0 Å². The molecular formula is C12H16N2O5S. The van der Waals surface area contributed by atoms with Gasteiger partial charge in [-0.05, 0) is 0 Å². The largest absolute Gasteiger partial charge is 0.476 e. The Hall–Kier alpha value is -1.51. The standard InChI is InChI=1S/C12H16N2O5S/c1-6(15)10-9(11(16)17)13-12(20-10)14-4-7(18-2)8(5-14)19-3/h7-8H,4-5H2,1-3H3,(H,16,17). The first-order valence-electron chi connectivity index (χ1n) is 6.03. The Kier molecular flexibility index (Phi) is 4.36. The van der Waals surface area contributed by atoms with Gasteiger partial charge < -0.3 is 19.5 Å². The summed E-state index contributed by atoms with van der Waals surface area (Å²) in [5.41, 5.74) is -0.188. The van der Waals surface area contributed by atoms with E-state index in [9.17, 15) is 9.59 Å². The van der Waals surface area contributed by atoms with Crippen LogP contribution in [0.1, 0.15) is 27.1 Å². The van der Waals surface area contributed by atoms with E-state index in [1.807, 2.05) is 4.90 Å². The SMILES string of the molecule is COC1CN(c2nc(C(=O)O)c(C(C)=O)s2)CC1OC. The van der Waals surface area contributed by atoms with E-state index in [1.54, 1.807) is 14.2 Å². The van der Waals surface area contributed by atoms with E-state index in [0.717, 1.165) is 11.3 Å². The number of aromatic nitrogens is 1. The number of aromatic carboxylic acids is 1. The average molecular weight is 300 g/mol. The quantitative estimate of drug-likeness (QED) is 0.808. The zero-order chi connectivity index (χ0) is 14.9. The lowest BCUT2D eigenvalue weighted by molar-refractivity contribution is -0.00461. The van der Waals surface area contributed by atoms with E-state index in [-0.39, 0.29) is 28.6 Å². The van der Waals surface area contributed by atoms with Crippen molar-refractivity contribution in [3.05, 3.63) is 10.6 Å². The number of methoxy groups -OCH3 is 2. The van der Waals surface area contributed by atoms with Crippen molar-refractivity contribution >= 4 is 28.2 Å². The van der Waals surface area contributed by atoms with Gasteiger partial charge in [0, 0.05) is 34.2 Å². The summed E-state index contributed by atoms with van der Waals surface area (Å²) in [6.07, 6.45) is -0.198. The van der Waals surface area contributed by atoms with E-state index in [0.29, 0.717) is 18.2 Å². The molecule has 110 valence electrons. The molecule has 1 aromatic rings. The maximum absolute atomic E-state index is 11.5. The molecule has 1 fully saturated rings. The average Bonchev–Trinajstić information content (AvgIpc) is 3.01. The van der Waals surface area contributed by atoms with E-state index < -0.39 is 5.97 Å². The van der Waals surface area contributed by atoms with Crippen LogP contribution in [0.15, 0.2) is 0 Å². The van der Waals surface area contributed by atoms with Crippen LogP contribution in [0.25, 0.3) is 0 Å². The summed E-state index contributed by atoms with van der Waals surface area (Å²) < 4.78 is 10.7. The monoisotopic (exact) mass is 300 g/mol. The third kappa shape index (κ3) is 2.67. The van der Waals surface area contributed by atoms with Gasteiger partial charge in [-0.1, -0.05) is 11.3 Å². The molecular weight excluding hydrogens is 284 g/mol. The Balaban J connectivity index is 2.28. The van der Waals surface area contributed by atoms with Gasteiger partial charge >= 0.3 is 5.97 Å².